The van der Waals surface area contributed by atoms with Crippen LogP contribution in [-0.2, 0) is 27.8 Å². The molecule has 1 fully saturated rings. The van der Waals surface area contributed by atoms with Crippen molar-refractivity contribution in [3.05, 3.63) is 55.2 Å². The molecule has 2 aliphatic rings. The number of rotatable bonds is 4. The topological polar surface area (TPSA) is 101 Å². The summed E-state index contributed by atoms with van der Waals surface area (Å²) in [6.45, 7) is 1.71. The van der Waals surface area contributed by atoms with E-state index in [1.54, 1.807) is 11.3 Å². The Balaban J connectivity index is 1.42. The van der Waals surface area contributed by atoms with Gasteiger partial charge in [-0.2, -0.15) is 4.31 Å². The van der Waals surface area contributed by atoms with Gasteiger partial charge in [-0.1, -0.05) is 11.6 Å². The van der Waals surface area contributed by atoms with E-state index in [0.717, 1.165) is 12.5 Å². The van der Waals surface area contributed by atoms with Crippen molar-refractivity contribution in [2.45, 2.75) is 30.7 Å². The van der Waals surface area contributed by atoms with E-state index in [4.69, 9.17) is 11.6 Å². The van der Waals surface area contributed by atoms with Gasteiger partial charge in [0.2, 0.25) is 15.9 Å². The molecule has 1 saturated heterocycles. The van der Waals surface area contributed by atoms with Gasteiger partial charge in [-0.15, -0.1) is 11.3 Å². The van der Waals surface area contributed by atoms with E-state index in [0.29, 0.717) is 25.9 Å². The molecule has 0 bridgehead atoms. The lowest BCUT2D eigenvalue weighted by Crippen LogP contribution is -2.45. The number of nitro benzene ring substituents is 1. The van der Waals surface area contributed by atoms with Crippen LogP contribution in [-0.4, -0.2) is 48.1 Å². The van der Waals surface area contributed by atoms with Crippen LogP contribution in [0.25, 0.3) is 0 Å². The molecule has 2 aliphatic heterocycles. The lowest BCUT2D eigenvalue weighted by Gasteiger charge is -2.35. The first-order valence-corrected chi connectivity index (χ1v) is 12.3. The molecule has 160 valence electrons. The highest BCUT2D eigenvalue weighted by molar-refractivity contribution is 7.89. The summed E-state index contributed by atoms with van der Waals surface area (Å²) >= 11 is 7.51. The van der Waals surface area contributed by atoms with Crippen molar-refractivity contribution in [1.82, 2.24) is 9.21 Å². The Labute approximate surface area is 183 Å². The molecule has 8 nitrogen and oxygen atoms in total. The fourth-order valence-corrected chi connectivity index (χ4v) is 6.55. The number of carbonyl (C=O) groups is 1. The number of amides is 1. The molecule has 0 atom stereocenters. The number of nitrogens with zero attached hydrogens (tertiary/aromatic N) is 3. The summed E-state index contributed by atoms with van der Waals surface area (Å²) in [4.78, 5) is 26.3. The van der Waals surface area contributed by atoms with Gasteiger partial charge in [-0.05, 0) is 48.4 Å². The molecule has 0 radical (unpaired) electrons. The van der Waals surface area contributed by atoms with Gasteiger partial charge in [0.15, 0.2) is 0 Å². The molecule has 0 N–H and O–H groups in total. The second-order valence-corrected chi connectivity index (χ2v) is 10.8. The highest BCUT2D eigenvalue weighted by atomic mass is 35.5. The monoisotopic (exact) mass is 469 g/mol. The normalized spacial score (nSPS) is 18.2. The molecule has 1 aromatic heterocycles. The zero-order valence-electron chi connectivity index (χ0n) is 16.0. The van der Waals surface area contributed by atoms with Crippen molar-refractivity contribution in [2.24, 2.45) is 5.92 Å². The smallest absolute Gasteiger partial charge is 0.289 e. The van der Waals surface area contributed by atoms with Crippen LogP contribution >= 0.6 is 22.9 Å². The van der Waals surface area contributed by atoms with Crippen LogP contribution in [0, 0.1) is 16.0 Å². The second kappa shape index (κ2) is 8.26. The van der Waals surface area contributed by atoms with Gasteiger partial charge >= 0.3 is 0 Å². The summed E-state index contributed by atoms with van der Waals surface area (Å²) in [6, 6.07) is 5.53. The Morgan fingerprint density at radius 2 is 1.93 bits per heavy atom. The van der Waals surface area contributed by atoms with Crippen LogP contribution in [0.3, 0.4) is 0 Å². The number of thiophene rings is 1. The lowest BCUT2D eigenvalue weighted by atomic mass is 9.95. The molecule has 1 aromatic carbocycles. The van der Waals surface area contributed by atoms with E-state index >= 15 is 0 Å². The quantitative estimate of drug-likeness (QED) is 0.505. The van der Waals surface area contributed by atoms with E-state index in [1.165, 1.54) is 26.9 Å². The maximum absolute atomic E-state index is 12.9. The number of halogens is 1. The third-order valence-electron chi connectivity index (χ3n) is 5.67. The van der Waals surface area contributed by atoms with Crippen LogP contribution in [0.5, 0.6) is 0 Å². The Morgan fingerprint density at radius 3 is 2.63 bits per heavy atom. The standard InChI is InChI=1S/C19H20ClN3O5S2/c20-16-2-1-15(11-17(16)23(25)26)30(27,28)22-8-3-13(4-9-22)19(24)21-7-5-18-14(12-21)6-10-29-18/h1-2,6,10-11,13H,3-5,7-9,12H2. The van der Waals surface area contributed by atoms with Crippen LogP contribution in [0.15, 0.2) is 34.5 Å². The fourth-order valence-electron chi connectivity index (χ4n) is 3.98. The predicted molar refractivity (Wildman–Crippen MR) is 113 cm³/mol. The average molecular weight is 470 g/mol. The summed E-state index contributed by atoms with van der Waals surface area (Å²) in [7, 11) is -3.89. The minimum Gasteiger partial charge on any atom is -0.338 e. The predicted octanol–water partition coefficient (Wildman–Crippen LogP) is 3.30. The molecule has 0 spiro atoms. The Bertz CT molecular complexity index is 1090. The summed E-state index contributed by atoms with van der Waals surface area (Å²) in [6.07, 6.45) is 1.72. The van der Waals surface area contributed by atoms with Crippen LogP contribution in [0.4, 0.5) is 5.69 Å². The first kappa shape index (κ1) is 21.2. The van der Waals surface area contributed by atoms with E-state index in [-0.39, 0.29) is 34.8 Å². The number of hydrogen-bond acceptors (Lipinski definition) is 6. The third-order valence-corrected chi connectivity index (χ3v) is 8.91. The van der Waals surface area contributed by atoms with E-state index in [9.17, 15) is 23.3 Å². The van der Waals surface area contributed by atoms with Gasteiger partial charge in [0.1, 0.15) is 5.02 Å². The molecule has 4 rings (SSSR count). The molecule has 2 aromatic rings. The molecule has 1 amide bonds. The van der Waals surface area contributed by atoms with Crippen LogP contribution in [0.1, 0.15) is 23.3 Å². The number of fused-ring (bicyclic) bond motifs is 1. The average Bonchev–Trinajstić information content (AvgIpc) is 3.21. The zero-order valence-corrected chi connectivity index (χ0v) is 18.4. The van der Waals surface area contributed by atoms with Gasteiger partial charge < -0.3 is 4.90 Å². The molecular weight excluding hydrogens is 450 g/mol. The van der Waals surface area contributed by atoms with Gasteiger partial charge in [0, 0.05) is 43.0 Å². The largest absolute Gasteiger partial charge is 0.338 e. The Morgan fingerprint density at radius 1 is 1.20 bits per heavy atom. The van der Waals surface area contributed by atoms with E-state index in [1.807, 2.05) is 10.3 Å². The summed E-state index contributed by atoms with van der Waals surface area (Å²) < 4.78 is 27.1. The third kappa shape index (κ3) is 3.96. The van der Waals surface area contributed by atoms with Crippen molar-refractivity contribution >= 4 is 44.6 Å². The van der Waals surface area contributed by atoms with Crippen molar-refractivity contribution in [2.75, 3.05) is 19.6 Å². The molecule has 0 aliphatic carbocycles. The van der Waals surface area contributed by atoms with Gasteiger partial charge in [-0.25, -0.2) is 8.42 Å². The summed E-state index contributed by atoms with van der Waals surface area (Å²) in [5, 5.41) is 13.0. The SMILES string of the molecule is O=C(C1CCN(S(=O)(=O)c2ccc(Cl)c([N+](=O)[O-])c2)CC1)N1CCc2sccc2C1. The number of benzene rings is 1. The lowest BCUT2D eigenvalue weighted by molar-refractivity contribution is -0.384. The van der Waals surface area contributed by atoms with E-state index in [2.05, 4.69) is 6.07 Å². The Kier molecular flexibility index (Phi) is 5.84. The first-order valence-electron chi connectivity index (χ1n) is 9.55. The fraction of sp³-hybridized carbons (Fsp3) is 0.421. The van der Waals surface area contributed by atoms with Gasteiger partial charge in [0.25, 0.3) is 5.69 Å². The van der Waals surface area contributed by atoms with Gasteiger partial charge in [0.05, 0.1) is 9.82 Å². The molecule has 0 saturated carbocycles. The van der Waals surface area contributed by atoms with Crippen molar-refractivity contribution in [1.29, 1.82) is 0 Å². The number of carbonyl (C=O) groups excluding carboxylic acids is 1. The molecule has 0 unspecified atom stereocenters. The molecule has 11 heteroatoms. The maximum atomic E-state index is 12.9. The maximum Gasteiger partial charge on any atom is 0.289 e. The Hall–Kier alpha value is -2.01. The summed E-state index contributed by atoms with van der Waals surface area (Å²) in [5.74, 6) is -0.137. The summed E-state index contributed by atoms with van der Waals surface area (Å²) in [5.41, 5.74) is 0.754. The highest BCUT2D eigenvalue weighted by Gasteiger charge is 2.35. The van der Waals surface area contributed by atoms with E-state index < -0.39 is 20.6 Å². The minimum absolute atomic E-state index is 0.0750. The number of sulfonamides is 1. The van der Waals surface area contributed by atoms with Crippen molar-refractivity contribution in [3.63, 3.8) is 0 Å². The minimum atomic E-state index is -3.89. The molecule has 3 heterocycles. The number of piperidine rings is 1. The van der Waals surface area contributed by atoms with Crippen molar-refractivity contribution in [3.8, 4) is 0 Å². The van der Waals surface area contributed by atoms with Crippen LogP contribution < -0.4 is 0 Å². The zero-order chi connectivity index (χ0) is 21.5. The van der Waals surface area contributed by atoms with Gasteiger partial charge in [-0.3, -0.25) is 14.9 Å². The first-order chi connectivity index (χ1) is 14.3. The van der Waals surface area contributed by atoms with Crippen LogP contribution in [0.2, 0.25) is 5.02 Å². The molecular formula is C19H20ClN3O5S2. The second-order valence-electron chi connectivity index (χ2n) is 7.43. The van der Waals surface area contributed by atoms with Crippen molar-refractivity contribution < 1.29 is 18.1 Å². The molecule has 30 heavy (non-hydrogen) atoms. The number of hydrogen-bond donors (Lipinski definition) is 0. The highest BCUT2D eigenvalue weighted by Crippen LogP contribution is 2.31. The number of nitro groups is 1.